The van der Waals surface area contributed by atoms with Gasteiger partial charge in [0.2, 0.25) is 0 Å². The molecule has 9 heavy (non-hydrogen) atoms. The van der Waals surface area contributed by atoms with Gasteiger partial charge in [-0.25, -0.2) is 0 Å². The maximum absolute atomic E-state index is 7.33. The molecule has 4 nitrogen and oxygen atoms in total. The zero-order valence-electron chi connectivity index (χ0n) is 5.87. The predicted octanol–water partition coefficient (Wildman–Crippen LogP) is -1.24. The summed E-state index contributed by atoms with van der Waals surface area (Å²) in [7, 11) is -4.61. The lowest BCUT2D eigenvalue weighted by Gasteiger charge is -1.91. The summed E-state index contributed by atoms with van der Waals surface area (Å²) in [6.07, 6.45) is 0. The maximum Gasteiger partial charge on any atom is 0.668 e. The summed E-state index contributed by atoms with van der Waals surface area (Å²) >= 11 is -0.139. The lowest BCUT2D eigenvalue weighted by molar-refractivity contribution is 0.117. The molecule has 0 aromatic rings. The fourth-order valence-electron chi connectivity index (χ4n) is 0. The van der Waals surface area contributed by atoms with Gasteiger partial charge in [0.1, 0.15) is 0 Å². The molecule has 0 aromatic heterocycles. The summed E-state index contributed by atoms with van der Waals surface area (Å²) in [5, 5.41) is 0. The summed E-state index contributed by atoms with van der Waals surface area (Å²) in [6.45, 7) is 0. The Kier molecular flexibility index (Phi) is 7.34. The third-order valence-corrected chi connectivity index (χ3v) is 0. The molecule has 0 saturated carbocycles. The molecule has 0 rings (SSSR count). The van der Waals surface area contributed by atoms with Gasteiger partial charge in [-0.2, -0.15) is 0 Å². The van der Waals surface area contributed by atoms with Gasteiger partial charge in [0.15, 0.2) is 0 Å². The highest BCUT2D eigenvalue weighted by molar-refractivity contribution is 6.54. The van der Waals surface area contributed by atoms with Crippen molar-refractivity contribution in [2.45, 2.75) is 17.4 Å². The molecule has 0 aliphatic carbocycles. The number of hydrogen-bond acceptors (Lipinski definition) is 4. The van der Waals surface area contributed by atoms with Crippen molar-refractivity contribution >= 4 is 23.2 Å². The zero-order valence-corrected chi connectivity index (χ0v) is 8.02. The van der Waals surface area contributed by atoms with E-state index in [0.717, 1.165) is 0 Å². The molecule has 6 heteroatoms. The average molecular weight is 168 g/mol. The molecule has 0 aliphatic rings. The smallest absolute Gasteiger partial charge is 0.368 e. The molecule has 0 atom stereocenters. The van der Waals surface area contributed by atoms with Crippen LogP contribution in [0.2, 0.25) is 17.4 Å². The first-order valence-corrected chi connectivity index (χ1v) is 7.88. The molecule has 56 valence electrons. The Bertz CT molecular complexity index is 52.6. The Morgan fingerprint density at radius 2 is 0.889 bits per heavy atom. The first kappa shape index (κ1) is 12.3. The molecule has 0 aromatic carbocycles. The van der Waals surface area contributed by atoms with E-state index in [0.29, 0.717) is 0 Å². The minimum absolute atomic E-state index is 0.139. The van der Waals surface area contributed by atoms with E-state index in [1.165, 1.54) is 0 Å². The Hall–Kier alpha value is 0.589. The maximum atomic E-state index is 7.33. The van der Waals surface area contributed by atoms with Crippen LogP contribution < -0.4 is 0 Å². The molecule has 0 fully saturated rings. The van der Waals surface area contributed by atoms with Crippen LogP contribution in [0.25, 0.3) is 0 Å². The van der Waals surface area contributed by atoms with E-state index in [9.17, 15) is 0 Å². The van der Waals surface area contributed by atoms with Crippen LogP contribution in [0, 0.1) is 0 Å². The predicted molar refractivity (Wildman–Crippen MR) is 38.0 cm³/mol. The van der Waals surface area contributed by atoms with Crippen LogP contribution in [-0.2, 0) is 0 Å². The van der Waals surface area contributed by atoms with Crippen LogP contribution in [-0.4, -0.2) is 42.4 Å². The molecule has 4 N–H and O–H groups in total. The monoisotopic (exact) mass is 168 g/mol. The van der Waals surface area contributed by atoms with Crippen LogP contribution >= 0.6 is 0 Å². The third kappa shape index (κ3) is 1070. The highest BCUT2D eigenvalue weighted by Crippen LogP contribution is 1.68. The van der Waals surface area contributed by atoms with Crippen LogP contribution in [0.1, 0.15) is 0 Å². The van der Waals surface area contributed by atoms with Gasteiger partial charge in [-0.05, 0) is 0 Å². The minimum atomic E-state index is -4.61. The number of rotatable bonds is 0. The summed E-state index contributed by atoms with van der Waals surface area (Å²) in [6, 6.07) is 0. The van der Waals surface area contributed by atoms with E-state index in [1.807, 2.05) is 0 Å². The highest BCUT2D eigenvalue weighted by Gasteiger charge is 2.22. The molecule has 0 aliphatic heterocycles. The van der Waals surface area contributed by atoms with E-state index in [1.54, 1.807) is 0 Å². The quantitative estimate of drug-likeness (QED) is 0.341. The van der Waals surface area contributed by atoms with Crippen LogP contribution in [0.15, 0.2) is 0 Å². The van der Waals surface area contributed by atoms with E-state index >= 15 is 0 Å². The van der Waals surface area contributed by atoms with Crippen molar-refractivity contribution in [3.05, 3.63) is 0 Å². The Balaban J connectivity index is 0. The van der Waals surface area contributed by atoms with Gasteiger partial charge >= 0.3 is 9.05 Å². The van der Waals surface area contributed by atoms with Gasteiger partial charge < -0.3 is 19.2 Å². The highest BCUT2D eigenvalue weighted by atomic mass is 28.4. The standard InChI is InChI=1S/3CH3.Al.H4O4Si/c;;;;1-5(2,3)4/h3*1H3;;1-4H. The first-order valence-electron chi connectivity index (χ1n) is 2.63. The molecule has 0 bridgehead atoms. The van der Waals surface area contributed by atoms with Crippen molar-refractivity contribution in [3.63, 3.8) is 0 Å². The van der Waals surface area contributed by atoms with E-state index in [4.69, 9.17) is 19.2 Å². The van der Waals surface area contributed by atoms with Crippen LogP contribution in [0.4, 0.5) is 0 Å². The van der Waals surface area contributed by atoms with Gasteiger partial charge in [-0.1, -0.05) is 0 Å². The first-order chi connectivity index (χ1) is 3.73. The van der Waals surface area contributed by atoms with Crippen LogP contribution in [0.3, 0.4) is 0 Å². The van der Waals surface area contributed by atoms with E-state index in [-0.39, 0.29) is 14.1 Å². The molecule has 0 radical (unpaired) electrons. The van der Waals surface area contributed by atoms with Crippen LogP contribution in [0.5, 0.6) is 0 Å². The molecular weight excluding hydrogens is 155 g/mol. The Morgan fingerprint density at radius 1 is 0.889 bits per heavy atom. The summed E-state index contributed by atoms with van der Waals surface area (Å²) < 4.78 is 0. The Labute approximate surface area is 60.3 Å². The summed E-state index contributed by atoms with van der Waals surface area (Å²) in [5.41, 5.74) is 0. The van der Waals surface area contributed by atoms with E-state index in [2.05, 4.69) is 17.4 Å². The van der Waals surface area contributed by atoms with E-state index < -0.39 is 9.05 Å². The van der Waals surface area contributed by atoms with Crippen molar-refractivity contribution in [3.8, 4) is 0 Å². The van der Waals surface area contributed by atoms with Gasteiger partial charge in [-0.3, -0.25) is 0 Å². The zero-order chi connectivity index (χ0) is 8.08. The number of hydrogen-bond donors (Lipinski definition) is 4. The van der Waals surface area contributed by atoms with Crippen molar-refractivity contribution in [1.82, 2.24) is 0 Å². The normalized spacial score (nSPS) is 9.67. The molecule has 0 unspecified atom stereocenters. The topological polar surface area (TPSA) is 80.9 Å². The van der Waals surface area contributed by atoms with Gasteiger partial charge in [0.05, 0.1) is 0 Å². The Morgan fingerprint density at radius 3 is 0.889 bits per heavy atom. The summed E-state index contributed by atoms with van der Waals surface area (Å²) in [4.78, 5) is 29.3. The van der Waals surface area contributed by atoms with Gasteiger partial charge in [-0.15, -0.1) is 17.4 Å². The van der Waals surface area contributed by atoms with Crippen molar-refractivity contribution in [2.24, 2.45) is 0 Å². The summed E-state index contributed by atoms with van der Waals surface area (Å²) in [5.74, 6) is 6.92. The largest absolute Gasteiger partial charge is 0.668 e. The fourth-order valence-corrected chi connectivity index (χ4v) is 0. The second-order valence-corrected chi connectivity index (χ2v) is 7.00. The SMILES string of the molecule is O[Si](O)(O)O.[CH3][Al]([CH3])[CH3]. The van der Waals surface area contributed by atoms with Crippen molar-refractivity contribution in [1.29, 1.82) is 0 Å². The van der Waals surface area contributed by atoms with Gasteiger partial charge in [0, 0.05) is 0 Å². The lowest BCUT2D eigenvalue weighted by Crippen LogP contribution is -2.33. The third-order valence-electron chi connectivity index (χ3n) is 0. The minimum Gasteiger partial charge on any atom is -0.368 e. The molecule has 0 amide bonds. The molecule has 0 spiro atoms. The molecular formula is C3H13AlO4Si. The average Bonchev–Trinajstić information content (AvgIpc) is 1.19. The fraction of sp³-hybridized carbons (Fsp3) is 1.00. The second kappa shape index (κ2) is 5.38. The lowest BCUT2D eigenvalue weighted by atomic mass is 11.8. The second-order valence-electron chi connectivity index (χ2n) is 2.33. The molecule has 0 heterocycles. The van der Waals surface area contributed by atoms with Crippen molar-refractivity contribution in [2.75, 3.05) is 0 Å². The molecule has 0 saturated heterocycles. The van der Waals surface area contributed by atoms with Crippen molar-refractivity contribution < 1.29 is 19.2 Å². The van der Waals surface area contributed by atoms with Gasteiger partial charge in [0.25, 0.3) is 14.1 Å².